The van der Waals surface area contributed by atoms with Crippen LogP contribution in [0.25, 0.3) is 21.9 Å². The van der Waals surface area contributed by atoms with Gasteiger partial charge in [0.1, 0.15) is 17.9 Å². The van der Waals surface area contributed by atoms with Crippen LogP contribution in [0.5, 0.6) is 0 Å². The van der Waals surface area contributed by atoms with Gasteiger partial charge in [-0.1, -0.05) is 51.5 Å². The van der Waals surface area contributed by atoms with E-state index in [4.69, 9.17) is 15.5 Å². The number of hydrogen-bond acceptors (Lipinski definition) is 5. The Bertz CT molecular complexity index is 1370. The van der Waals surface area contributed by atoms with Crippen LogP contribution in [0.15, 0.2) is 42.5 Å². The van der Waals surface area contributed by atoms with Crippen LogP contribution in [0.2, 0.25) is 0 Å². The summed E-state index contributed by atoms with van der Waals surface area (Å²) in [6.45, 7) is 14.6. The minimum atomic E-state index is -0.393. The number of aromatic nitrogens is 3. The Morgan fingerprint density at radius 2 is 1.66 bits per heavy atom. The molecule has 0 unspecified atom stereocenters. The summed E-state index contributed by atoms with van der Waals surface area (Å²) in [6.07, 6.45) is 3.00. The second-order valence-corrected chi connectivity index (χ2v) is 9.86. The smallest absolute Gasteiger partial charge is 0.337 e. The molecule has 0 bridgehead atoms. The van der Waals surface area contributed by atoms with Crippen LogP contribution in [0.3, 0.4) is 0 Å². The molecule has 0 spiro atoms. The first-order valence-electron chi connectivity index (χ1n) is 13.9. The molecule has 2 aromatic carbocycles. The molecule has 0 fully saturated rings. The standard InChI is InChI=1S/C29H38N5O2.C2H6/c1-6-9-10-25-32-26-27(23-16-15-22(29(35)36-5)17-24(23)31-28(26)30)33(25)18-20-11-13-21(14-12-20)19-34(4,7-2)8-3;1-2/h11-17H,6-10,18-19H2,1-5H3,(H2,30,31);1-2H3/q+1;. The zero-order chi connectivity index (χ0) is 27.9. The maximum Gasteiger partial charge on any atom is 0.337 e. The van der Waals surface area contributed by atoms with Crippen molar-refractivity contribution < 1.29 is 14.0 Å². The number of fused-ring (bicyclic) bond motifs is 3. The molecule has 0 atom stereocenters. The largest absolute Gasteiger partial charge is 0.465 e. The van der Waals surface area contributed by atoms with Crippen molar-refractivity contribution in [1.29, 1.82) is 0 Å². The number of unbranched alkanes of at least 4 members (excludes halogenated alkanes) is 1. The Kier molecular flexibility index (Phi) is 9.86. The molecule has 0 saturated carbocycles. The molecule has 0 aliphatic carbocycles. The topological polar surface area (TPSA) is 83.0 Å². The fourth-order valence-electron chi connectivity index (χ4n) is 4.72. The van der Waals surface area contributed by atoms with Crippen molar-refractivity contribution in [3.63, 3.8) is 0 Å². The van der Waals surface area contributed by atoms with E-state index < -0.39 is 5.97 Å². The summed E-state index contributed by atoms with van der Waals surface area (Å²) in [6, 6.07) is 14.4. The number of nitrogen functional groups attached to an aromatic ring is 1. The van der Waals surface area contributed by atoms with Crippen molar-refractivity contribution >= 4 is 33.7 Å². The highest BCUT2D eigenvalue weighted by atomic mass is 16.5. The van der Waals surface area contributed by atoms with E-state index >= 15 is 0 Å². The van der Waals surface area contributed by atoms with Gasteiger partial charge in [-0.05, 0) is 44.0 Å². The number of quaternary nitrogens is 1. The predicted octanol–water partition coefficient (Wildman–Crippen LogP) is 6.36. The Morgan fingerprint density at radius 3 is 2.26 bits per heavy atom. The van der Waals surface area contributed by atoms with E-state index in [1.54, 1.807) is 12.1 Å². The third-order valence-corrected chi connectivity index (χ3v) is 7.41. The van der Waals surface area contributed by atoms with E-state index in [1.807, 2.05) is 19.9 Å². The second kappa shape index (κ2) is 12.9. The summed E-state index contributed by atoms with van der Waals surface area (Å²) < 4.78 is 8.19. The first-order chi connectivity index (χ1) is 18.3. The highest BCUT2D eigenvalue weighted by molar-refractivity contribution is 6.08. The molecule has 204 valence electrons. The minimum Gasteiger partial charge on any atom is -0.465 e. The average Bonchev–Trinajstić information content (AvgIpc) is 3.31. The normalized spacial score (nSPS) is 11.4. The molecule has 2 N–H and O–H groups in total. The molecule has 0 amide bonds. The summed E-state index contributed by atoms with van der Waals surface area (Å²) in [7, 11) is 3.68. The summed E-state index contributed by atoms with van der Waals surface area (Å²) in [5.74, 6) is 0.994. The molecule has 0 radical (unpaired) electrons. The van der Waals surface area contributed by atoms with E-state index in [1.165, 1.54) is 18.2 Å². The Hall–Kier alpha value is -3.45. The van der Waals surface area contributed by atoms with Crippen LogP contribution in [-0.4, -0.2) is 52.2 Å². The van der Waals surface area contributed by atoms with Gasteiger partial charge in [-0.3, -0.25) is 0 Å². The summed E-state index contributed by atoms with van der Waals surface area (Å²) >= 11 is 0. The maximum atomic E-state index is 12.1. The number of pyridine rings is 1. The Balaban J connectivity index is 0.00000195. The second-order valence-electron chi connectivity index (χ2n) is 9.86. The fraction of sp³-hybridized carbons (Fsp3) is 0.452. The van der Waals surface area contributed by atoms with Gasteiger partial charge in [-0.25, -0.2) is 14.8 Å². The maximum absolute atomic E-state index is 12.1. The number of aryl methyl sites for hydroxylation is 1. The molecule has 2 heterocycles. The van der Waals surface area contributed by atoms with Crippen LogP contribution < -0.4 is 5.73 Å². The number of hydrogen-bond donors (Lipinski definition) is 1. The number of nitrogens with zero attached hydrogens (tertiary/aromatic N) is 4. The molecule has 2 aromatic heterocycles. The van der Waals surface area contributed by atoms with Crippen molar-refractivity contribution in [3.05, 3.63) is 65.0 Å². The van der Waals surface area contributed by atoms with Crippen LogP contribution in [-0.2, 0) is 24.2 Å². The molecule has 0 saturated heterocycles. The lowest BCUT2D eigenvalue weighted by atomic mass is 10.1. The van der Waals surface area contributed by atoms with Crippen LogP contribution in [0.4, 0.5) is 5.82 Å². The number of esters is 1. The van der Waals surface area contributed by atoms with Crippen molar-refractivity contribution in [2.75, 3.05) is 33.0 Å². The predicted molar refractivity (Wildman–Crippen MR) is 157 cm³/mol. The summed E-state index contributed by atoms with van der Waals surface area (Å²) in [4.78, 5) is 21.6. The molecule has 7 nitrogen and oxygen atoms in total. The number of methoxy groups -OCH3 is 1. The van der Waals surface area contributed by atoms with Crippen molar-refractivity contribution in [3.8, 4) is 0 Å². The SMILES string of the molecule is CC.CCCCc1nc2c(N)nc3cc(C(=O)OC)ccc3c2n1Cc1ccc(C[N+](C)(CC)CC)cc1. The monoisotopic (exact) mass is 518 g/mol. The number of rotatable bonds is 10. The molecule has 38 heavy (non-hydrogen) atoms. The molecule has 4 aromatic rings. The molecule has 0 aliphatic rings. The van der Waals surface area contributed by atoms with E-state index in [0.29, 0.717) is 23.4 Å². The zero-order valence-electron chi connectivity index (χ0n) is 24.2. The van der Waals surface area contributed by atoms with Gasteiger partial charge in [0.2, 0.25) is 0 Å². The van der Waals surface area contributed by atoms with Crippen LogP contribution >= 0.6 is 0 Å². The minimum absolute atomic E-state index is 0.377. The highest BCUT2D eigenvalue weighted by Crippen LogP contribution is 2.31. The van der Waals surface area contributed by atoms with E-state index in [0.717, 1.165) is 65.6 Å². The van der Waals surface area contributed by atoms with Gasteiger partial charge >= 0.3 is 5.97 Å². The van der Waals surface area contributed by atoms with E-state index in [9.17, 15) is 4.79 Å². The first kappa shape index (κ1) is 29.1. The summed E-state index contributed by atoms with van der Waals surface area (Å²) in [5.41, 5.74) is 11.7. The number of benzene rings is 2. The molecular formula is C31H44N5O2+. The first-order valence-corrected chi connectivity index (χ1v) is 13.9. The van der Waals surface area contributed by atoms with Gasteiger partial charge in [0, 0.05) is 23.9 Å². The fourth-order valence-corrected chi connectivity index (χ4v) is 4.72. The van der Waals surface area contributed by atoms with Gasteiger partial charge < -0.3 is 19.5 Å². The lowest BCUT2D eigenvalue weighted by Crippen LogP contribution is -2.42. The van der Waals surface area contributed by atoms with Gasteiger partial charge in [0.15, 0.2) is 5.82 Å². The molecule has 4 rings (SSSR count). The van der Waals surface area contributed by atoms with Crippen molar-refractivity contribution in [2.45, 2.75) is 67.0 Å². The average molecular weight is 519 g/mol. The molecular weight excluding hydrogens is 474 g/mol. The van der Waals surface area contributed by atoms with Crippen molar-refractivity contribution in [1.82, 2.24) is 14.5 Å². The zero-order valence-corrected chi connectivity index (χ0v) is 24.2. The van der Waals surface area contributed by atoms with Crippen LogP contribution in [0, 0.1) is 0 Å². The quantitative estimate of drug-likeness (QED) is 0.195. The van der Waals surface area contributed by atoms with Gasteiger partial charge in [-0.15, -0.1) is 0 Å². The van der Waals surface area contributed by atoms with Gasteiger partial charge in [0.05, 0.1) is 43.8 Å². The summed E-state index contributed by atoms with van der Waals surface area (Å²) in [5, 5.41) is 0.928. The highest BCUT2D eigenvalue weighted by Gasteiger charge is 2.20. The number of anilines is 1. The number of imidazole rings is 1. The Labute approximate surface area is 227 Å². The lowest BCUT2D eigenvalue weighted by molar-refractivity contribution is -0.919. The van der Waals surface area contributed by atoms with Gasteiger partial charge in [-0.2, -0.15) is 0 Å². The number of carbonyl (C=O) groups is 1. The number of carbonyl (C=O) groups excluding carboxylic acids is 1. The van der Waals surface area contributed by atoms with Crippen molar-refractivity contribution in [2.24, 2.45) is 0 Å². The Morgan fingerprint density at radius 1 is 1.00 bits per heavy atom. The molecule has 0 aliphatic heterocycles. The van der Waals surface area contributed by atoms with Gasteiger partial charge in [0.25, 0.3) is 0 Å². The third-order valence-electron chi connectivity index (χ3n) is 7.41. The lowest BCUT2D eigenvalue weighted by Gasteiger charge is -2.32. The van der Waals surface area contributed by atoms with Crippen LogP contribution in [0.1, 0.15) is 74.8 Å². The number of ether oxygens (including phenoxy) is 1. The third kappa shape index (κ3) is 6.16. The number of nitrogens with two attached hydrogens (primary N) is 1. The van der Waals surface area contributed by atoms with E-state index in [2.05, 4.69) is 61.6 Å². The molecule has 7 heteroatoms. The van der Waals surface area contributed by atoms with E-state index in [-0.39, 0.29) is 0 Å².